The smallest absolute Gasteiger partial charge is 0.259 e. The Morgan fingerprint density at radius 1 is 0.839 bits per heavy atom. The van der Waals surface area contributed by atoms with Gasteiger partial charge in [0.1, 0.15) is 27.1 Å². The third-order valence-corrected chi connectivity index (χ3v) is 8.46. The molecule has 4 aromatic rings. The van der Waals surface area contributed by atoms with E-state index in [9.17, 15) is 4.79 Å². The van der Waals surface area contributed by atoms with Crippen molar-refractivity contribution < 1.29 is 0 Å². The number of anilines is 1. The third kappa shape index (κ3) is 3.54. The van der Waals surface area contributed by atoms with Gasteiger partial charge >= 0.3 is 0 Å². The molecule has 0 amide bonds. The van der Waals surface area contributed by atoms with E-state index >= 15 is 0 Å². The Hall–Kier alpha value is -2.36. The number of piperazine rings is 1. The zero-order chi connectivity index (χ0) is 21.9. The van der Waals surface area contributed by atoms with Crippen LogP contribution in [0.15, 0.2) is 4.79 Å². The highest BCUT2D eigenvalue weighted by atomic mass is 32.1. The van der Waals surface area contributed by atoms with Gasteiger partial charge in [0.2, 0.25) is 0 Å². The molecule has 4 aromatic heterocycles. The zero-order valence-electron chi connectivity index (χ0n) is 18.5. The maximum atomic E-state index is 12.6. The molecule has 31 heavy (non-hydrogen) atoms. The van der Waals surface area contributed by atoms with E-state index in [4.69, 9.17) is 9.97 Å². The number of nitrogens with one attached hydrogen (secondary N) is 1. The Morgan fingerprint density at radius 2 is 1.45 bits per heavy atom. The SMILES string of the molecule is Cc1nc(N2CCN(Cc3nc4sc(C)c(C)c4c(=O)[nH]3)CC2)c2c(C)c(C)sc2n1. The van der Waals surface area contributed by atoms with Crippen molar-refractivity contribution in [3.05, 3.63) is 42.9 Å². The summed E-state index contributed by atoms with van der Waals surface area (Å²) in [5.74, 6) is 2.63. The Labute approximate surface area is 188 Å². The van der Waals surface area contributed by atoms with Gasteiger partial charge in [-0.15, -0.1) is 22.7 Å². The fourth-order valence-corrected chi connectivity index (χ4v) is 6.38. The van der Waals surface area contributed by atoms with Crippen molar-refractivity contribution >= 4 is 48.9 Å². The minimum absolute atomic E-state index is 0.0253. The Kier molecular flexibility index (Phi) is 5.07. The third-order valence-electron chi connectivity index (χ3n) is 6.25. The van der Waals surface area contributed by atoms with Gasteiger partial charge in [0.15, 0.2) is 0 Å². The average molecular weight is 455 g/mol. The van der Waals surface area contributed by atoms with Crippen LogP contribution in [-0.2, 0) is 6.54 Å². The fraction of sp³-hybridized carbons (Fsp3) is 0.455. The molecule has 0 unspecified atom stereocenters. The van der Waals surface area contributed by atoms with Gasteiger partial charge in [0, 0.05) is 35.9 Å². The van der Waals surface area contributed by atoms with Crippen molar-refractivity contribution in [3.8, 4) is 0 Å². The summed E-state index contributed by atoms with van der Waals surface area (Å²) in [4.78, 5) is 38.9. The molecule has 5 rings (SSSR count). The normalized spacial score (nSPS) is 15.5. The maximum Gasteiger partial charge on any atom is 0.259 e. The van der Waals surface area contributed by atoms with Gasteiger partial charge < -0.3 is 9.88 Å². The average Bonchev–Trinajstić information content (AvgIpc) is 3.17. The molecule has 9 heteroatoms. The van der Waals surface area contributed by atoms with Crippen molar-refractivity contribution in [1.29, 1.82) is 0 Å². The standard InChI is InChI=1S/C22H26N6OS2/c1-11-13(3)30-21-17(11)19(23-15(5)24-21)28-8-6-27(7-9-28)10-16-25-20(29)18-12(2)14(4)31-22(18)26-16/h6-10H2,1-5H3,(H,25,26,29). The lowest BCUT2D eigenvalue weighted by atomic mass is 10.2. The van der Waals surface area contributed by atoms with Crippen LogP contribution >= 0.6 is 22.7 Å². The number of rotatable bonds is 3. The van der Waals surface area contributed by atoms with E-state index in [1.807, 2.05) is 20.8 Å². The second-order valence-corrected chi connectivity index (χ2v) is 10.7. The summed E-state index contributed by atoms with van der Waals surface area (Å²) in [6.07, 6.45) is 0. The minimum atomic E-state index is -0.0253. The topological polar surface area (TPSA) is 78.0 Å². The van der Waals surface area contributed by atoms with Crippen LogP contribution in [0.25, 0.3) is 20.4 Å². The molecule has 1 N–H and O–H groups in total. The van der Waals surface area contributed by atoms with Crippen molar-refractivity contribution in [1.82, 2.24) is 24.8 Å². The van der Waals surface area contributed by atoms with Gasteiger partial charge in [-0.05, 0) is 45.7 Å². The molecular formula is C22H26N6OS2. The van der Waals surface area contributed by atoms with E-state index in [1.54, 1.807) is 22.7 Å². The lowest BCUT2D eigenvalue weighted by molar-refractivity contribution is 0.244. The van der Waals surface area contributed by atoms with Gasteiger partial charge in [-0.2, -0.15) is 0 Å². The quantitative estimate of drug-likeness (QED) is 0.507. The van der Waals surface area contributed by atoms with E-state index in [0.29, 0.717) is 6.54 Å². The zero-order valence-corrected chi connectivity index (χ0v) is 20.1. The summed E-state index contributed by atoms with van der Waals surface area (Å²) < 4.78 is 0. The number of aromatic amines is 1. The molecule has 162 valence electrons. The van der Waals surface area contributed by atoms with Crippen molar-refractivity contribution in [3.63, 3.8) is 0 Å². The highest BCUT2D eigenvalue weighted by molar-refractivity contribution is 7.19. The summed E-state index contributed by atoms with van der Waals surface area (Å²) >= 11 is 3.35. The molecular weight excluding hydrogens is 428 g/mol. The van der Waals surface area contributed by atoms with Gasteiger partial charge in [0.25, 0.3) is 5.56 Å². The van der Waals surface area contributed by atoms with Gasteiger partial charge in [-0.1, -0.05) is 0 Å². The molecule has 5 heterocycles. The molecule has 0 spiro atoms. The van der Waals surface area contributed by atoms with Gasteiger partial charge in [-0.25, -0.2) is 15.0 Å². The van der Waals surface area contributed by atoms with Crippen molar-refractivity contribution in [2.24, 2.45) is 0 Å². The van der Waals surface area contributed by atoms with Gasteiger partial charge in [-0.3, -0.25) is 9.69 Å². The van der Waals surface area contributed by atoms with Crippen LogP contribution in [0.1, 0.15) is 32.5 Å². The molecule has 0 bridgehead atoms. The van der Waals surface area contributed by atoms with Crippen LogP contribution < -0.4 is 10.5 Å². The number of hydrogen-bond acceptors (Lipinski definition) is 8. The monoisotopic (exact) mass is 454 g/mol. The lowest BCUT2D eigenvalue weighted by Gasteiger charge is -2.35. The van der Waals surface area contributed by atoms with Crippen LogP contribution in [0, 0.1) is 34.6 Å². The summed E-state index contributed by atoms with van der Waals surface area (Å²) in [6.45, 7) is 14.6. The molecule has 1 aliphatic heterocycles. The van der Waals surface area contributed by atoms with E-state index in [1.165, 1.54) is 15.8 Å². The number of hydrogen-bond donors (Lipinski definition) is 1. The summed E-state index contributed by atoms with van der Waals surface area (Å²) in [7, 11) is 0. The van der Waals surface area contributed by atoms with Crippen LogP contribution in [-0.4, -0.2) is 51.0 Å². The van der Waals surface area contributed by atoms with E-state index in [-0.39, 0.29) is 5.56 Å². The number of fused-ring (bicyclic) bond motifs is 2. The first-order chi connectivity index (χ1) is 14.8. The highest BCUT2D eigenvalue weighted by Gasteiger charge is 2.23. The second-order valence-electron chi connectivity index (χ2n) is 8.30. The second kappa shape index (κ2) is 7.65. The number of thiophene rings is 2. The molecule has 1 saturated heterocycles. The minimum Gasteiger partial charge on any atom is -0.353 e. The van der Waals surface area contributed by atoms with Crippen LogP contribution in [0.3, 0.4) is 0 Å². The van der Waals surface area contributed by atoms with Crippen molar-refractivity contribution in [2.75, 3.05) is 31.1 Å². The lowest BCUT2D eigenvalue weighted by Crippen LogP contribution is -2.46. The molecule has 0 radical (unpaired) electrons. The number of H-pyrrole nitrogens is 1. The van der Waals surface area contributed by atoms with Crippen LogP contribution in [0.2, 0.25) is 0 Å². The highest BCUT2D eigenvalue weighted by Crippen LogP contribution is 2.35. The molecule has 0 aromatic carbocycles. The fourth-order valence-electron chi connectivity index (χ4n) is 4.26. The molecule has 1 fully saturated rings. The van der Waals surface area contributed by atoms with E-state index < -0.39 is 0 Å². The Morgan fingerprint density at radius 3 is 2.13 bits per heavy atom. The largest absolute Gasteiger partial charge is 0.353 e. The number of aromatic nitrogens is 4. The van der Waals surface area contributed by atoms with Crippen LogP contribution in [0.4, 0.5) is 5.82 Å². The summed E-state index contributed by atoms with van der Waals surface area (Å²) in [6, 6.07) is 0. The molecule has 0 atom stereocenters. The number of nitrogens with zero attached hydrogens (tertiary/aromatic N) is 5. The Bertz CT molecular complexity index is 1360. The first-order valence-corrected chi connectivity index (χ1v) is 12.2. The maximum absolute atomic E-state index is 12.6. The van der Waals surface area contributed by atoms with E-state index in [2.05, 4.69) is 33.6 Å². The molecule has 0 saturated carbocycles. The first-order valence-electron chi connectivity index (χ1n) is 10.5. The summed E-state index contributed by atoms with van der Waals surface area (Å²) in [5, 5.41) is 1.93. The van der Waals surface area contributed by atoms with Crippen LogP contribution in [0.5, 0.6) is 0 Å². The molecule has 0 aliphatic carbocycles. The Balaban J connectivity index is 1.35. The molecule has 1 aliphatic rings. The summed E-state index contributed by atoms with van der Waals surface area (Å²) in [5.41, 5.74) is 2.30. The predicted octanol–water partition coefficient (Wildman–Crippen LogP) is 3.85. The van der Waals surface area contributed by atoms with E-state index in [0.717, 1.165) is 69.1 Å². The van der Waals surface area contributed by atoms with Gasteiger partial charge in [0.05, 0.1) is 17.3 Å². The first kappa shape index (κ1) is 20.5. The predicted molar refractivity (Wildman–Crippen MR) is 129 cm³/mol. The molecule has 7 nitrogen and oxygen atoms in total. The number of aryl methyl sites for hydroxylation is 5. The van der Waals surface area contributed by atoms with Crippen molar-refractivity contribution in [2.45, 2.75) is 41.2 Å².